The molecule has 2 aromatic carbocycles. The molecule has 17 heavy (non-hydrogen) atoms. The molecule has 3 aromatic rings. The molecule has 1 nitrogen and oxygen atoms in total. The molecule has 0 unspecified atom stereocenters. The van der Waals surface area contributed by atoms with Crippen molar-refractivity contribution in [1.82, 2.24) is 4.57 Å². The van der Waals surface area contributed by atoms with Gasteiger partial charge in [-0.25, -0.2) is 8.78 Å². The van der Waals surface area contributed by atoms with Crippen LogP contribution < -0.4 is 0 Å². The van der Waals surface area contributed by atoms with Crippen LogP contribution in [-0.2, 0) is 0 Å². The summed E-state index contributed by atoms with van der Waals surface area (Å²) in [6, 6.07) is 13.6. The van der Waals surface area contributed by atoms with Gasteiger partial charge in [0, 0.05) is 23.3 Å². The normalized spacial score (nSPS) is 10.9. The van der Waals surface area contributed by atoms with E-state index in [1.807, 2.05) is 4.57 Å². The van der Waals surface area contributed by atoms with Crippen molar-refractivity contribution in [2.75, 3.05) is 0 Å². The number of hydrogen-bond acceptors (Lipinski definition) is 0. The summed E-state index contributed by atoms with van der Waals surface area (Å²) in [4.78, 5) is 0. The fourth-order valence-electron chi connectivity index (χ4n) is 1.85. The van der Waals surface area contributed by atoms with E-state index < -0.39 is 0 Å². The molecule has 0 saturated carbocycles. The Kier molecular flexibility index (Phi) is 2.18. The molecule has 0 atom stereocenters. The van der Waals surface area contributed by atoms with E-state index in [2.05, 4.69) is 6.07 Å². The molecule has 0 N–H and O–H groups in total. The molecule has 1 radical (unpaired) electrons. The van der Waals surface area contributed by atoms with E-state index in [4.69, 9.17) is 0 Å². The summed E-state index contributed by atoms with van der Waals surface area (Å²) in [5.41, 5.74) is 1.67. The first-order valence-corrected chi connectivity index (χ1v) is 5.18. The van der Waals surface area contributed by atoms with Crippen molar-refractivity contribution in [3.63, 3.8) is 0 Å². The number of aromatic nitrogens is 1. The number of halogens is 2. The van der Waals surface area contributed by atoms with Crippen LogP contribution >= 0.6 is 0 Å². The lowest BCUT2D eigenvalue weighted by Gasteiger charge is -2.04. The fraction of sp³-hybridized carbons (Fsp3) is 0. The highest BCUT2D eigenvalue weighted by Gasteiger charge is 2.04. The molecule has 83 valence electrons. The molecule has 1 aromatic heterocycles. The summed E-state index contributed by atoms with van der Waals surface area (Å²) in [6.07, 6.45) is 1.72. The third kappa shape index (κ3) is 1.69. The van der Waals surface area contributed by atoms with Gasteiger partial charge in [-0.05, 0) is 42.5 Å². The van der Waals surface area contributed by atoms with Crippen molar-refractivity contribution < 1.29 is 8.78 Å². The summed E-state index contributed by atoms with van der Waals surface area (Å²) in [5, 5.41) is 0.703. The topological polar surface area (TPSA) is 4.93 Å². The summed E-state index contributed by atoms with van der Waals surface area (Å²) in [7, 11) is 0. The third-order valence-corrected chi connectivity index (χ3v) is 2.67. The summed E-state index contributed by atoms with van der Waals surface area (Å²) >= 11 is 0. The second-order valence-electron chi connectivity index (χ2n) is 3.78. The second-order valence-corrected chi connectivity index (χ2v) is 3.78. The smallest absolute Gasteiger partial charge is 0.123 e. The largest absolute Gasteiger partial charge is 0.316 e. The van der Waals surface area contributed by atoms with Crippen LogP contribution in [0.4, 0.5) is 8.78 Å². The molecule has 0 aliphatic heterocycles. The van der Waals surface area contributed by atoms with E-state index in [1.165, 1.54) is 24.3 Å². The van der Waals surface area contributed by atoms with Gasteiger partial charge in [0.15, 0.2) is 0 Å². The Hall–Kier alpha value is -2.16. The molecule has 0 bridgehead atoms. The third-order valence-electron chi connectivity index (χ3n) is 2.67. The minimum atomic E-state index is -0.286. The Labute approximate surface area is 96.9 Å². The average Bonchev–Trinajstić information content (AvgIpc) is 2.73. The van der Waals surface area contributed by atoms with Gasteiger partial charge in [-0.1, -0.05) is 0 Å². The Morgan fingerprint density at radius 3 is 2.35 bits per heavy atom. The van der Waals surface area contributed by atoms with Crippen molar-refractivity contribution in [2.45, 2.75) is 0 Å². The van der Waals surface area contributed by atoms with Gasteiger partial charge >= 0.3 is 0 Å². The molecular formula is C14H8F2N. The van der Waals surface area contributed by atoms with Crippen molar-refractivity contribution in [3.05, 3.63) is 66.4 Å². The highest BCUT2D eigenvalue weighted by molar-refractivity contribution is 5.81. The first kappa shape index (κ1) is 10.0. The Morgan fingerprint density at radius 1 is 0.882 bits per heavy atom. The average molecular weight is 228 g/mol. The van der Waals surface area contributed by atoms with Gasteiger partial charge in [-0.3, -0.25) is 0 Å². The summed E-state index contributed by atoms with van der Waals surface area (Å²) in [6.45, 7) is 0. The van der Waals surface area contributed by atoms with E-state index >= 15 is 0 Å². The zero-order chi connectivity index (χ0) is 11.8. The van der Waals surface area contributed by atoms with Crippen LogP contribution in [0.3, 0.4) is 0 Å². The van der Waals surface area contributed by atoms with Crippen molar-refractivity contribution in [1.29, 1.82) is 0 Å². The van der Waals surface area contributed by atoms with Crippen LogP contribution in [-0.4, -0.2) is 4.57 Å². The monoisotopic (exact) mass is 228 g/mol. The first-order valence-electron chi connectivity index (χ1n) is 5.18. The Balaban J connectivity index is 2.21. The molecular weight excluding hydrogens is 220 g/mol. The minimum absolute atomic E-state index is 0.278. The standard InChI is InChI=1S/C14H8F2N/c15-11-1-4-13(5-2-11)17-8-7-10-9-12(16)3-6-14(10)17/h1-6,8-9H. The van der Waals surface area contributed by atoms with Crippen LogP contribution in [0.25, 0.3) is 16.6 Å². The predicted molar refractivity (Wildman–Crippen MR) is 62.0 cm³/mol. The molecule has 0 fully saturated rings. The van der Waals surface area contributed by atoms with Crippen molar-refractivity contribution in [2.24, 2.45) is 0 Å². The second kappa shape index (κ2) is 3.70. The van der Waals surface area contributed by atoms with E-state index in [1.54, 1.807) is 24.4 Å². The van der Waals surface area contributed by atoms with E-state index in [-0.39, 0.29) is 11.6 Å². The van der Waals surface area contributed by atoms with E-state index in [0.717, 1.165) is 11.2 Å². The number of hydrogen-bond donors (Lipinski definition) is 0. The van der Waals surface area contributed by atoms with Crippen LogP contribution in [0.5, 0.6) is 0 Å². The SMILES string of the molecule is Fc1ccc(-n2c[c]c3cc(F)ccc32)cc1. The predicted octanol–water partition coefficient (Wildman–Crippen LogP) is 3.71. The maximum absolute atomic E-state index is 13.0. The van der Waals surface area contributed by atoms with Gasteiger partial charge in [-0.15, -0.1) is 0 Å². The number of benzene rings is 2. The highest BCUT2D eigenvalue weighted by Crippen LogP contribution is 2.20. The molecule has 0 amide bonds. The van der Waals surface area contributed by atoms with Crippen LogP contribution in [0.2, 0.25) is 0 Å². The van der Waals surface area contributed by atoms with Crippen molar-refractivity contribution in [3.8, 4) is 5.69 Å². The summed E-state index contributed by atoms with van der Waals surface area (Å²) < 4.78 is 27.7. The Bertz CT molecular complexity index is 668. The molecule has 3 heteroatoms. The van der Waals surface area contributed by atoms with Crippen LogP contribution in [0.15, 0.2) is 48.7 Å². The molecule has 0 aliphatic rings. The quantitative estimate of drug-likeness (QED) is 0.598. The minimum Gasteiger partial charge on any atom is -0.316 e. The number of rotatable bonds is 1. The zero-order valence-corrected chi connectivity index (χ0v) is 8.82. The lowest BCUT2D eigenvalue weighted by atomic mass is 10.2. The summed E-state index contributed by atoms with van der Waals surface area (Å²) in [5.74, 6) is -0.564. The van der Waals surface area contributed by atoms with Gasteiger partial charge < -0.3 is 4.57 Å². The molecule has 0 spiro atoms. The van der Waals surface area contributed by atoms with Crippen molar-refractivity contribution >= 4 is 10.9 Å². The molecule has 1 heterocycles. The first-order chi connectivity index (χ1) is 8.24. The number of nitrogens with zero attached hydrogens (tertiary/aromatic N) is 1. The fourth-order valence-corrected chi connectivity index (χ4v) is 1.85. The lowest BCUT2D eigenvalue weighted by Crippen LogP contribution is -1.91. The van der Waals surface area contributed by atoms with E-state index in [0.29, 0.717) is 5.39 Å². The van der Waals surface area contributed by atoms with Crippen LogP contribution in [0.1, 0.15) is 0 Å². The zero-order valence-electron chi connectivity index (χ0n) is 8.82. The highest BCUT2D eigenvalue weighted by atomic mass is 19.1. The molecule has 0 saturated heterocycles. The van der Waals surface area contributed by atoms with Gasteiger partial charge in [-0.2, -0.15) is 0 Å². The van der Waals surface area contributed by atoms with Gasteiger partial charge in [0.1, 0.15) is 11.6 Å². The maximum atomic E-state index is 13.0. The molecule has 3 rings (SSSR count). The van der Waals surface area contributed by atoms with Gasteiger partial charge in [0.2, 0.25) is 0 Å². The maximum Gasteiger partial charge on any atom is 0.123 e. The number of fused-ring (bicyclic) bond motifs is 1. The van der Waals surface area contributed by atoms with Crippen LogP contribution in [0, 0.1) is 17.7 Å². The molecule has 0 aliphatic carbocycles. The Morgan fingerprint density at radius 2 is 1.59 bits per heavy atom. The van der Waals surface area contributed by atoms with Gasteiger partial charge in [0.05, 0.1) is 5.52 Å². The lowest BCUT2D eigenvalue weighted by molar-refractivity contribution is 0.627. The van der Waals surface area contributed by atoms with Gasteiger partial charge in [0.25, 0.3) is 0 Å². The van der Waals surface area contributed by atoms with E-state index in [9.17, 15) is 8.78 Å².